The van der Waals surface area contributed by atoms with Gasteiger partial charge < -0.3 is 65.3 Å². The minimum Gasteiger partial charge on any atom is -0.504 e. The van der Waals surface area contributed by atoms with Gasteiger partial charge in [-0.2, -0.15) is 0 Å². The quantitative estimate of drug-likeness (QED) is 0.107. The Bertz CT molecular complexity index is 1780. The maximum absolute atomic E-state index is 14.6. The molecule has 6 aliphatic rings. The summed E-state index contributed by atoms with van der Waals surface area (Å²) in [5.74, 6) is -4.73. The van der Waals surface area contributed by atoms with Gasteiger partial charge in [-0.05, 0) is 110 Å². The molecule has 15 heteroatoms. The van der Waals surface area contributed by atoms with Crippen molar-refractivity contribution in [2.45, 2.75) is 135 Å². The summed E-state index contributed by atoms with van der Waals surface area (Å²) in [6.45, 7) is 13.5. The van der Waals surface area contributed by atoms with E-state index in [9.17, 15) is 60.7 Å². The zero-order chi connectivity index (χ0) is 42.7. The van der Waals surface area contributed by atoms with E-state index >= 15 is 0 Å². The fraction of sp³-hybridized carbons (Fsp3) is 0.767. The number of carbonyl (C=O) groups excluding carboxylic acids is 2. The lowest BCUT2D eigenvalue weighted by Crippen LogP contribution is -2.72. The van der Waals surface area contributed by atoms with Gasteiger partial charge in [0.05, 0.1) is 42.5 Å². The smallest absolute Gasteiger partial charge is 0.338 e. The predicted octanol–water partition coefficient (Wildman–Crippen LogP) is 2.24. The van der Waals surface area contributed by atoms with Crippen LogP contribution in [0.3, 0.4) is 0 Å². The van der Waals surface area contributed by atoms with E-state index in [1.807, 2.05) is 6.92 Å². The number of phenols is 3. The Morgan fingerprint density at radius 3 is 2.12 bits per heavy atom. The molecule has 0 aromatic heterocycles. The number of carbonyl (C=O) groups is 2. The monoisotopic (exact) mass is 818 g/mol. The first-order valence-corrected chi connectivity index (χ1v) is 20.7. The molecule has 58 heavy (non-hydrogen) atoms. The number of phenolic OH excluding ortho intramolecular Hbond substituents is 3. The molecule has 15 nitrogen and oxygen atoms in total. The van der Waals surface area contributed by atoms with Crippen LogP contribution in [-0.2, 0) is 19.0 Å². The number of aliphatic hydroxyl groups excluding tert-OH is 7. The summed E-state index contributed by atoms with van der Waals surface area (Å²) in [7, 11) is 0. The fourth-order valence-corrected chi connectivity index (χ4v) is 14.2. The summed E-state index contributed by atoms with van der Waals surface area (Å²) in [4.78, 5) is 27.8. The number of hydrogen-bond acceptors (Lipinski definition) is 15. The molecule has 6 fully saturated rings. The molecule has 0 amide bonds. The highest BCUT2D eigenvalue weighted by atomic mass is 16.7. The van der Waals surface area contributed by atoms with E-state index in [0.29, 0.717) is 44.9 Å². The van der Waals surface area contributed by atoms with E-state index < -0.39 is 124 Å². The third-order valence-corrected chi connectivity index (χ3v) is 17.0. The van der Waals surface area contributed by atoms with Gasteiger partial charge in [-0.3, -0.25) is 4.79 Å². The molecule has 324 valence electrons. The highest BCUT2D eigenvalue weighted by Crippen LogP contribution is 2.77. The Labute approximate surface area is 338 Å². The molecule has 0 spiro atoms. The third-order valence-electron chi connectivity index (χ3n) is 17.0. The predicted molar refractivity (Wildman–Crippen MR) is 204 cm³/mol. The van der Waals surface area contributed by atoms with Gasteiger partial charge in [-0.1, -0.05) is 39.8 Å². The minimum absolute atomic E-state index is 0.0361. The molecular formula is C43H62O15. The van der Waals surface area contributed by atoms with E-state index in [4.69, 9.17) is 14.2 Å². The van der Waals surface area contributed by atoms with Crippen molar-refractivity contribution < 1.29 is 74.9 Å². The van der Waals surface area contributed by atoms with E-state index in [2.05, 4.69) is 27.4 Å². The second kappa shape index (κ2) is 14.6. The lowest BCUT2D eigenvalue weighted by atomic mass is 9.31. The zero-order valence-electron chi connectivity index (χ0n) is 34.0. The van der Waals surface area contributed by atoms with Gasteiger partial charge in [0.1, 0.15) is 24.4 Å². The highest BCUT2D eigenvalue weighted by Gasteiger charge is 2.75. The van der Waals surface area contributed by atoms with Crippen molar-refractivity contribution in [3.05, 3.63) is 29.8 Å². The van der Waals surface area contributed by atoms with Crippen molar-refractivity contribution >= 4 is 11.9 Å². The van der Waals surface area contributed by atoms with Crippen molar-refractivity contribution in [1.82, 2.24) is 0 Å². The van der Waals surface area contributed by atoms with Crippen molar-refractivity contribution in [2.24, 2.45) is 56.7 Å². The number of aliphatic hydroxyl groups is 7. The molecule has 10 N–H and O–H groups in total. The normalized spacial score (nSPS) is 48.4. The molecule has 0 bridgehead atoms. The highest BCUT2D eigenvalue weighted by molar-refractivity contribution is 5.91. The molecule has 5 aliphatic carbocycles. The van der Waals surface area contributed by atoms with E-state index in [-0.39, 0.29) is 35.7 Å². The van der Waals surface area contributed by atoms with Crippen molar-refractivity contribution in [3.8, 4) is 17.2 Å². The first-order chi connectivity index (χ1) is 27.0. The van der Waals surface area contributed by atoms with Crippen molar-refractivity contribution in [3.63, 3.8) is 0 Å². The number of fused-ring (bicyclic) bond motifs is 7. The van der Waals surface area contributed by atoms with Crippen LogP contribution in [0, 0.1) is 56.7 Å². The molecule has 1 aromatic carbocycles. The number of esters is 2. The summed E-state index contributed by atoms with van der Waals surface area (Å²) >= 11 is 0. The summed E-state index contributed by atoms with van der Waals surface area (Å²) < 4.78 is 17.2. The summed E-state index contributed by atoms with van der Waals surface area (Å²) in [6, 6.07) is 1.90. The third kappa shape index (κ3) is 6.04. The molecule has 1 saturated heterocycles. The molecule has 7 rings (SSSR count). The van der Waals surface area contributed by atoms with Gasteiger partial charge >= 0.3 is 11.9 Å². The van der Waals surface area contributed by atoms with Crippen LogP contribution in [0.15, 0.2) is 24.3 Å². The molecule has 1 aromatic rings. The number of rotatable bonds is 7. The lowest BCUT2D eigenvalue weighted by Gasteiger charge is -2.73. The van der Waals surface area contributed by atoms with Gasteiger partial charge in [0.15, 0.2) is 17.2 Å². The zero-order valence-corrected chi connectivity index (χ0v) is 34.0. The van der Waals surface area contributed by atoms with Crippen molar-refractivity contribution in [2.75, 3.05) is 13.2 Å². The van der Waals surface area contributed by atoms with Gasteiger partial charge in [-0.15, -0.1) is 0 Å². The maximum Gasteiger partial charge on any atom is 0.338 e. The van der Waals surface area contributed by atoms with Gasteiger partial charge in [0.25, 0.3) is 0 Å². The number of benzene rings is 1. The topological polar surface area (TPSA) is 264 Å². The first-order valence-electron chi connectivity index (χ1n) is 20.7. The van der Waals surface area contributed by atoms with E-state index in [1.165, 1.54) is 0 Å². The van der Waals surface area contributed by atoms with Crippen LogP contribution >= 0.6 is 0 Å². The summed E-state index contributed by atoms with van der Waals surface area (Å²) in [6.07, 6.45) is -7.34. The first kappa shape index (κ1) is 43.1. The Morgan fingerprint density at radius 2 is 1.50 bits per heavy atom. The molecule has 0 radical (unpaired) electrons. The van der Waals surface area contributed by atoms with Crippen LogP contribution in [0.1, 0.15) is 96.3 Å². The molecular weight excluding hydrogens is 756 g/mol. The fourth-order valence-electron chi connectivity index (χ4n) is 14.2. The number of hydrogen-bond donors (Lipinski definition) is 10. The Morgan fingerprint density at radius 1 is 0.845 bits per heavy atom. The van der Waals surface area contributed by atoms with Crippen LogP contribution in [-0.4, -0.2) is 125 Å². The molecule has 18 unspecified atom stereocenters. The Balaban J connectivity index is 1.19. The second-order valence-corrected chi connectivity index (χ2v) is 19.8. The van der Waals surface area contributed by atoms with Gasteiger partial charge in [0, 0.05) is 11.3 Å². The largest absolute Gasteiger partial charge is 0.504 e. The van der Waals surface area contributed by atoms with Crippen LogP contribution in [0.5, 0.6) is 17.2 Å². The molecule has 18 atom stereocenters. The maximum atomic E-state index is 14.6. The standard InChI is InChI=1S/C43H62O15/c1-19(2)21-9-10-43(38(55)58-37-33(52)32(51)31(50)27(17-44)57-37)12-11-41(5)22(29(21)43)7-8-28-39(3)15-26(48)35(53)40(4,34(39)25(47)16-42(28,41)6)18-56-36(54)20-13-23(45)30(49)24(46)14-20/h13-14,21-22,25-29,31-35,37,44-53H,1,7-12,15-18H2,2-6H3. The second-order valence-electron chi connectivity index (χ2n) is 19.8. The van der Waals surface area contributed by atoms with Gasteiger partial charge in [-0.25, -0.2) is 4.79 Å². The number of ether oxygens (including phenoxy) is 3. The van der Waals surface area contributed by atoms with Gasteiger partial charge in [0.2, 0.25) is 6.29 Å². The average molecular weight is 819 g/mol. The number of aromatic hydroxyl groups is 3. The minimum atomic E-state index is -1.73. The SMILES string of the molecule is C=C(C)C1CCC2(C(=O)OC3OC(CO)C(O)C(O)C3O)CCC3(C)C(CCC4C5(C)CC(O)C(O)C(C)(COC(=O)c6cc(O)c(O)c(O)c6)C5C(O)CC43C)C12. The Hall–Kier alpha value is -3.02. The molecule has 1 heterocycles. The summed E-state index contributed by atoms with van der Waals surface area (Å²) in [5.41, 5.74) is -3.33. The van der Waals surface area contributed by atoms with Crippen LogP contribution in [0.2, 0.25) is 0 Å². The van der Waals surface area contributed by atoms with E-state index in [1.54, 1.807) is 6.92 Å². The van der Waals surface area contributed by atoms with Crippen LogP contribution in [0.4, 0.5) is 0 Å². The van der Waals surface area contributed by atoms with Crippen molar-refractivity contribution in [1.29, 1.82) is 0 Å². The number of allylic oxidation sites excluding steroid dienone is 1. The van der Waals surface area contributed by atoms with E-state index in [0.717, 1.165) is 17.7 Å². The molecule has 1 aliphatic heterocycles. The average Bonchev–Trinajstić information content (AvgIpc) is 3.57. The summed E-state index contributed by atoms with van der Waals surface area (Å²) in [5, 5.41) is 107. The van der Waals surface area contributed by atoms with Crippen LogP contribution < -0.4 is 0 Å². The molecule has 5 saturated carbocycles. The lowest BCUT2D eigenvalue weighted by molar-refractivity contribution is -0.304. The Kier molecular flexibility index (Phi) is 10.8. The van der Waals surface area contributed by atoms with Crippen LogP contribution in [0.25, 0.3) is 0 Å².